The summed E-state index contributed by atoms with van der Waals surface area (Å²) in [4.78, 5) is 0. The molecule has 0 saturated carbocycles. The fourth-order valence-electron chi connectivity index (χ4n) is 1.66. The Hall–Kier alpha value is -1.96. The Labute approximate surface area is 96.3 Å². The number of hydrogen-bond donors (Lipinski definition) is 2. The van der Waals surface area contributed by atoms with Crippen LogP contribution in [0.25, 0.3) is 0 Å². The molecule has 0 aromatic heterocycles. The van der Waals surface area contributed by atoms with Crippen molar-refractivity contribution in [1.82, 2.24) is 0 Å². The number of nitrogens with one attached hydrogen (secondary N) is 2. The average molecular weight is 212 g/mol. The van der Waals surface area contributed by atoms with Gasteiger partial charge >= 0.3 is 0 Å². The van der Waals surface area contributed by atoms with Crippen molar-refractivity contribution in [1.29, 1.82) is 0 Å². The van der Waals surface area contributed by atoms with Gasteiger partial charge in [-0.25, -0.2) is 0 Å². The maximum Gasteiger partial charge on any atom is 0.0622 e. The zero-order valence-corrected chi connectivity index (χ0v) is 9.62. The van der Waals surface area contributed by atoms with Crippen molar-refractivity contribution in [2.45, 2.75) is 6.92 Å². The summed E-state index contributed by atoms with van der Waals surface area (Å²) in [5, 5.41) is 6.58. The summed E-state index contributed by atoms with van der Waals surface area (Å²) in [7, 11) is 1.93. The lowest BCUT2D eigenvalue weighted by Crippen LogP contribution is -1.97. The second-order valence-electron chi connectivity index (χ2n) is 3.79. The number of rotatable bonds is 3. The Balaban J connectivity index is 2.30. The van der Waals surface area contributed by atoms with Crippen molar-refractivity contribution in [3.63, 3.8) is 0 Å². The Bertz CT molecular complexity index is 463. The molecule has 0 aliphatic rings. The van der Waals surface area contributed by atoms with Gasteiger partial charge in [-0.2, -0.15) is 0 Å². The second-order valence-corrected chi connectivity index (χ2v) is 3.79. The molecule has 0 bridgehead atoms. The van der Waals surface area contributed by atoms with E-state index in [1.807, 2.05) is 25.2 Å². The minimum atomic E-state index is 1.10. The van der Waals surface area contributed by atoms with Crippen molar-refractivity contribution < 1.29 is 0 Å². The van der Waals surface area contributed by atoms with Crippen molar-refractivity contribution in [3.8, 4) is 0 Å². The van der Waals surface area contributed by atoms with E-state index in [1.54, 1.807) is 0 Å². The first-order valence-electron chi connectivity index (χ1n) is 5.40. The van der Waals surface area contributed by atoms with Gasteiger partial charge in [0.2, 0.25) is 0 Å². The highest BCUT2D eigenvalue weighted by Gasteiger charge is 2.00. The zero-order valence-electron chi connectivity index (χ0n) is 9.62. The molecular weight excluding hydrogens is 196 g/mol. The van der Waals surface area contributed by atoms with E-state index in [2.05, 4.69) is 47.9 Å². The molecular formula is C14H16N2. The molecule has 0 heterocycles. The van der Waals surface area contributed by atoms with Crippen LogP contribution in [0.1, 0.15) is 5.56 Å². The molecule has 0 spiro atoms. The summed E-state index contributed by atoms with van der Waals surface area (Å²) < 4.78 is 0. The molecule has 0 aliphatic carbocycles. The summed E-state index contributed by atoms with van der Waals surface area (Å²) in [6.07, 6.45) is 0. The maximum atomic E-state index is 3.40. The molecule has 2 aromatic carbocycles. The van der Waals surface area contributed by atoms with E-state index in [0.717, 1.165) is 17.1 Å². The number of anilines is 3. The third-order valence-corrected chi connectivity index (χ3v) is 2.50. The molecule has 0 fully saturated rings. The van der Waals surface area contributed by atoms with Gasteiger partial charge in [0.1, 0.15) is 0 Å². The minimum absolute atomic E-state index is 1.10. The van der Waals surface area contributed by atoms with Gasteiger partial charge in [0.15, 0.2) is 0 Å². The topological polar surface area (TPSA) is 24.1 Å². The van der Waals surface area contributed by atoms with Crippen molar-refractivity contribution in [3.05, 3.63) is 54.1 Å². The quantitative estimate of drug-likeness (QED) is 0.809. The standard InChI is InChI=1S/C14H16N2/c1-11-8-9-13(15-2)14(10-11)16-12-6-4-3-5-7-12/h3-10,15-16H,1-2H3. The van der Waals surface area contributed by atoms with Crippen LogP contribution in [-0.4, -0.2) is 7.05 Å². The lowest BCUT2D eigenvalue weighted by atomic mass is 10.2. The van der Waals surface area contributed by atoms with Crippen LogP contribution in [0.15, 0.2) is 48.5 Å². The Morgan fingerprint density at radius 2 is 1.62 bits per heavy atom. The van der Waals surface area contributed by atoms with Crippen LogP contribution >= 0.6 is 0 Å². The Morgan fingerprint density at radius 3 is 2.31 bits per heavy atom. The highest BCUT2D eigenvalue weighted by atomic mass is 14.9. The van der Waals surface area contributed by atoms with Crippen molar-refractivity contribution in [2.75, 3.05) is 17.7 Å². The molecule has 2 N–H and O–H groups in total. The second kappa shape index (κ2) is 4.71. The highest BCUT2D eigenvalue weighted by molar-refractivity contribution is 5.74. The molecule has 2 nitrogen and oxygen atoms in total. The van der Waals surface area contributed by atoms with Crippen LogP contribution in [0, 0.1) is 6.92 Å². The van der Waals surface area contributed by atoms with Gasteiger partial charge in [-0.3, -0.25) is 0 Å². The molecule has 0 saturated heterocycles. The number of aryl methyl sites for hydroxylation is 1. The molecule has 0 radical (unpaired) electrons. The monoisotopic (exact) mass is 212 g/mol. The van der Waals surface area contributed by atoms with E-state index in [0.29, 0.717) is 0 Å². The summed E-state index contributed by atoms with van der Waals surface area (Å²) in [6.45, 7) is 2.09. The molecule has 0 aliphatic heterocycles. The molecule has 0 atom stereocenters. The van der Waals surface area contributed by atoms with E-state index in [-0.39, 0.29) is 0 Å². The van der Waals surface area contributed by atoms with E-state index in [1.165, 1.54) is 5.56 Å². The van der Waals surface area contributed by atoms with Gasteiger partial charge in [0, 0.05) is 12.7 Å². The van der Waals surface area contributed by atoms with Gasteiger partial charge in [-0.15, -0.1) is 0 Å². The SMILES string of the molecule is CNc1ccc(C)cc1Nc1ccccc1. The number of hydrogen-bond acceptors (Lipinski definition) is 2. The molecule has 0 unspecified atom stereocenters. The molecule has 82 valence electrons. The molecule has 2 heteroatoms. The summed E-state index contributed by atoms with van der Waals surface area (Å²) in [6, 6.07) is 16.5. The number of para-hydroxylation sites is 1. The third kappa shape index (κ3) is 2.34. The van der Waals surface area contributed by atoms with Gasteiger partial charge < -0.3 is 10.6 Å². The highest BCUT2D eigenvalue weighted by Crippen LogP contribution is 2.26. The predicted octanol–water partition coefficient (Wildman–Crippen LogP) is 3.78. The van der Waals surface area contributed by atoms with Crippen LogP contribution in [0.5, 0.6) is 0 Å². The molecule has 2 aromatic rings. The largest absolute Gasteiger partial charge is 0.386 e. The number of benzene rings is 2. The van der Waals surface area contributed by atoms with Crippen molar-refractivity contribution >= 4 is 17.1 Å². The Kier molecular flexibility index (Phi) is 3.10. The van der Waals surface area contributed by atoms with Crippen LogP contribution in [0.3, 0.4) is 0 Å². The zero-order chi connectivity index (χ0) is 11.4. The van der Waals surface area contributed by atoms with Crippen LogP contribution in [0.2, 0.25) is 0 Å². The lowest BCUT2D eigenvalue weighted by molar-refractivity contribution is 1.42. The van der Waals surface area contributed by atoms with E-state index in [9.17, 15) is 0 Å². The van der Waals surface area contributed by atoms with Gasteiger partial charge in [-0.1, -0.05) is 24.3 Å². The minimum Gasteiger partial charge on any atom is -0.386 e. The molecule has 16 heavy (non-hydrogen) atoms. The summed E-state index contributed by atoms with van der Waals surface area (Å²) >= 11 is 0. The first-order valence-corrected chi connectivity index (χ1v) is 5.40. The fourth-order valence-corrected chi connectivity index (χ4v) is 1.66. The first-order chi connectivity index (χ1) is 7.79. The Morgan fingerprint density at radius 1 is 0.875 bits per heavy atom. The van der Waals surface area contributed by atoms with E-state index < -0.39 is 0 Å². The third-order valence-electron chi connectivity index (χ3n) is 2.50. The first kappa shape index (κ1) is 10.6. The predicted molar refractivity (Wildman–Crippen MR) is 70.5 cm³/mol. The van der Waals surface area contributed by atoms with Crippen LogP contribution < -0.4 is 10.6 Å². The molecule has 2 rings (SSSR count). The average Bonchev–Trinajstić information content (AvgIpc) is 2.31. The fraction of sp³-hybridized carbons (Fsp3) is 0.143. The smallest absolute Gasteiger partial charge is 0.0622 e. The van der Waals surface area contributed by atoms with Crippen molar-refractivity contribution in [2.24, 2.45) is 0 Å². The summed E-state index contributed by atoms with van der Waals surface area (Å²) in [5.41, 5.74) is 4.56. The summed E-state index contributed by atoms with van der Waals surface area (Å²) in [5.74, 6) is 0. The lowest BCUT2D eigenvalue weighted by Gasteiger charge is -2.12. The normalized spacial score (nSPS) is 9.88. The van der Waals surface area contributed by atoms with Gasteiger partial charge in [0.25, 0.3) is 0 Å². The van der Waals surface area contributed by atoms with Crippen LogP contribution in [0.4, 0.5) is 17.1 Å². The van der Waals surface area contributed by atoms with Gasteiger partial charge in [-0.05, 0) is 36.8 Å². The molecule has 0 amide bonds. The van der Waals surface area contributed by atoms with E-state index >= 15 is 0 Å². The van der Waals surface area contributed by atoms with E-state index in [4.69, 9.17) is 0 Å². The van der Waals surface area contributed by atoms with Crippen LogP contribution in [-0.2, 0) is 0 Å². The van der Waals surface area contributed by atoms with Gasteiger partial charge in [0.05, 0.1) is 11.4 Å². The maximum absolute atomic E-state index is 3.40.